The van der Waals surface area contributed by atoms with E-state index in [0.29, 0.717) is 43.5 Å². The molecule has 0 atom stereocenters. The van der Waals surface area contributed by atoms with E-state index in [9.17, 15) is 13.2 Å². The summed E-state index contributed by atoms with van der Waals surface area (Å²) in [5.74, 6) is 0.614. The van der Waals surface area contributed by atoms with Crippen molar-refractivity contribution in [2.75, 3.05) is 25.0 Å². The van der Waals surface area contributed by atoms with Gasteiger partial charge in [-0.25, -0.2) is 8.42 Å². The summed E-state index contributed by atoms with van der Waals surface area (Å²) in [4.78, 5) is 12.1. The normalized spacial score (nSPS) is 11.8. The first-order chi connectivity index (χ1) is 11.8. The van der Waals surface area contributed by atoms with Gasteiger partial charge in [0, 0.05) is 25.2 Å². The molecule has 0 bridgehead atoms. The Labute approximate surface area is 151 Å². The van der Waals surface area contributed by atoms with E-state index in [-0.39, 0.29) is 10.8 Å². The summed E-state index contributed by atoms with van der Waals surface area (Å²) >= 11 is 0. The lowest BCUT2D eigenvalue weighted by molar-refractivity contribution is -0.116. The van der Waals surface area contributed by atoms with E-state index in [2.05, 4.69) is 19.2 Å². The molecule has 1 aromatic carbocycles. The minimum Gasteiger partial charge on any atom is -0.492 e. The number of rotatable bonds is 10. The molecule has 0 saturated heterocycles. The van der Waals surface area contributed by atoms with Crippen molar-refractivity contribution in [2.24, 2.45) is 5.92 Å². The fourth-order valence-corrected chi connectivity index (χ4v) is 4.02. The molecule has 0 aliphatic heterocycles. The molecule has 0 saturated carbocycles. The molecule has 7 heteroatoms. The fourth-order valence-electron chi connectivity index (χ4n) is 2.41. The van der Waals surface area contributed by atoms with Crippen molar-refractivity contribution in [1.82, 2.24) is 4.31 Å². The monoisotopic (exact) mass is 370 g/mol. The van der Waals surface area contributed by atoms with E-state index in [4.69, 9.17) is 4.74 Å². The third kappa shape index (κ3) is 6.01. The first kappa shape index (κ1) is 21.4. The van der Waals surface area contributed by atoms with Crippen molar-refractivity contribution >= 4 is 21.6 Å². The lowest BCUT2D eigenvalue weighted by Crippen LogP contribution is -2.31. The van der Waals surface area contributed by atoms with Gasteiger partial charge < -0.3 is 10.1 Å². The smallest absolute Gasteiger partial charge is 0.246 e. The van der Waals surface area contributed by atoms with Crippen molar-refractivity contribution in [3.05, 3.63) is 18.2 Å². The maximum Gasteiger partial charge on any atom is 0.246 e. The van der Waals surface area contributed by atoms with Crippen molar-refractivity contribution in [2.45, 2.75) is 52.4 Å². The molecule has 0 unspecified atom stereocenters. The third-order valence-electron chi connectivity index (χ3n) is 3.80. The lowest BCUT2D eigenvalue weighted by Gasteiger charge is -2.21. The first-order valence-electron chi connectivity index (χ1n) is 8.83. The van der Waals surface area contributed by atoms with Gasteiger partial charge in [-0.1, -0.05) is 27.7 Å². The minimum absolute atomic E-state index is 0.0831. The summed E-state index contributed by atoms with van der Waals surface area (Å²) in [7, 11) is -3.68. The Bertz CT molecular complexity index is 668. The van der Waals surface area contributed by atoms with Crippen LogP contribution in [0.25, 0.3) is 0 Å². The van der Waals surface area contributed by atoms with Crippen LogP contribution in [0.2, 0.25) is 0 Å². The molecule has 0 spiro atoms. The highest BCUT2D eigenvalue weighted by Crippen LogP contribution is 2.30. The van der Waals surface area contributed by atoms with Gasteiger partial charge in [0.15, 0.2) is 0 Å². The first-order valence-corrected chi connectivity index (χ1v) is 10.3. The highest BCUT2D eigenvalue weighted by Gasteiger charge is 2.26. The van der Waals surface area contributed by atoms with Crippen LogP contribution in [0, 0.1) is 5.92 Å². The Morgan fingerprint density at radius 1 is 1.20 bits per heavy atom. The van der Waals surface area contributed by atoms with E-state index in [1.54, 1.807) is 32.9 Å². The van der Waals surface area contributed by atoms with Crippen LogP contribution in [0.15, 0.2) is 23.1 Å². The van der Waals surface area contributed by atoms with E-state index in [1.807, 2.05) is 0 Å². The van der Waals surface area contributed by atoms with Crippen LogP contribution < -0.4 is 10.1 Å². The number of nitrogens with one attached hydrogen (secondary N) is 1. The number of nitrogens with zero attached hydrogens (tertiary/aromatic N) is 1. The van der Waals surface area contributed by atoms with E-state index in [0.717, 1.165) is 6.42 Å². The molecular formula is C18H30N2O4S. The predicted molar refractivity (Wildman–Crippen MR) is 100 cm³/mol. The maximum absolute atomic E-state index is 12.9. The molecule has 25 heavy (non-hydrogen) atoms. The van der Waals surface area contributed by atoms with Crippen molar-refractivity contribution in [3.8, 4) is 5.75 Å². The van der Waals surface area contributed by atoms with Gasteiger partial charge in [0.25, 0.3) is 0 Å². The summed E-state index contributed by atoms with van der Waals surface area (Å²) in [6, 6.07) is 4.74. The van der Waals surface area contributed by atoms with E-state index in [1.165, 1.54) is 10.4 Å². The summed E-state index contributed by atoms with van der Waals surface area (Å²) in [6.07, 6.45) is 1.19. The molecule has 0 heterocycles. The van der Waals surface area contributed by atoms with Crippen LogP contribution in [0.1, 0.15) is 47.5 Å². The van der Waals surface area contributed by atoms with Gasteiger partial charge in [-0.15, -0.1) is 0 Å². The molecule has 1 rings (SSSR count). The van der Waals surface area contributed by atoms with Crippen LogP contribution in [0.5, 0.6) is 5.75 Å². The zero-order valence-corrected chi connectivity index (χ0v) is 16.6. The van der Waals surface area contributed by atoms with Gasteiger partial charge >= 0.3 is 0 Å². The molecule has 0 aliphatic rings. The quantitative estimate of drug-likeness (QED) is 0.684. The Morgan fingerprint density at radius 3 is 2.36 bits per heavy atom. The van der Waals surface area contributed by atoms with E-state index >= 15 is 0 Å². The Morgan fingerprint density at radius 2 is 1.84 bits per heavy atom. The van der Waals surface area contributed by atoms with Gasteiger partial charge in [-0.3, -0.25) is 4.79 Å². The number of carbonyl (C=O) groups excluding carboxylic acids is 1. The summed E-state index contributed by atoms with van der Waals surface area (Å²) in [6.45, 7) is 10.6. The number of hydrogen-bond donors (Lipinski definition) is 1. The SMILES string of the molecule is CCOc1ccc(NC(=O)CCC(C)C)cc1S(=O)(=O)N(CC)CC. The second-order valence-corrected chi connectivity index (χ2v) is 8.07. The van der Waals surface area contributed by atoms with E-state index < -0.39 is 10.0 Å². The molecular weight excluding hydrogens is 340 g/mol. The molecule has 0 aromatic heterocycles. The van der Waals surface area contributed by atoms with Gasteiger partial charge in [0.05, 0.1) is 6.61 Å². The second kappa shape index (κ2) is 9.77. The molecule has 1 amide bonds. The molecule has 0 fully saturated rings. The maximum atomic E-state index is 12.9. The second-order valence-electron chi connectivity index (χ2n) is 6.16. The minimum atomic E-state index is -3.68. The van der Waals surface area contributed by atoms with Gasteiger partial charge in [0.2, 0.25) is 15.9 Å². The molecule has 1 N–H and O–H groups in total. The van der Waals surface area contributed by atoms with Gasteiger partial charge in [-0.05, 0) is 37.5 Å². The number of benzene rings is 1. The van der Waals surface area contributed by atoms with Crippen LogP contribution >= 0.6 is 0 Å². The van der Waals surface area contributed by atoms with Gasteiger partial charge in [0.1, 0.15) is 10.6 Å². The topological polar surface area (TPSA) is 75.7 Å². The highest BCUT2D eigenvalue weighted by molar-refractivity contribution is 7.89. The zero-order valence-electron chi connectivity index (χ0n) is 15.8. The Balaban J connectivity index is 3.15. The Kier molecular flexibility index (Phi) is 8.38. The highest BCUT2D eigenvalue weighted by atomic mass is 32.2. The number of carbonyl (C=O) groups is 1. The average Bonchev–Trinajstić information content (AvgIpc) is 2.55. The van der Waals surface area contributed by atoms with Gasteiger partial charge in [-0.2, -0.15) is 4.31 Å². The zero-order chi connectivity index (χ0) is 19.0. The number of anilines is 1. The Hall–Kier alpha value is -1.60. The number of ether oxygens (including phenoxy) is 1. The van der Waals surface area contributed by atoms with Crippen LogP contribution in [-0.4, -0.2) is 38.3 Å². The lowest BCUT2D eigenvalue weighted by atomic mass is 10.1. The van der Waals surface area contributed by atoms with Crippen molar-refractivity contribution < 1.29 is 17.9 Å². The van der Waals surface area contributed by atoms with Crippen LogP contribution in [0.3, 0.4) is 0 Å². The van der Waals surface area contributed by atoms with Crippen LogP contribution in [0.4, 0.5) is 5.69 Å². The molecule has 142 valence electrons. The third-order valence-corrected chi connectivity index (χ3v) is 5.87. The molecule has 0 radical (unpaired) electrons. The largest absolute Gasteiger partial charge is 0.492 e. The van der Waals surface area contributed by atoms with Crippen LogP contribution in [-0.2, 0) is 14.8 Å². The van der Waals surface area contributed by atoms with Crippen molar-refractivity contribution in [1.29, 1.82) is 0 Å². The fraction of sp³-hybridized carbons (Fsp3) is 0.611. The van der Waals surface area contributed by atoms with Crippen molar-refractivity contribution in [3.63, 3.8) is 0 Å². The summed E-state index contributed by atoms with van der Waals surface area (Å²) in [5.41, 5.74) is 0.461. The average molecular weight is 371 g/mol. The number of sulfonamides is 1. The molecule has 0 aliphatic carbocycles. The summed E-state index contributed by atoms with van der Waals surface area (Å²) < 4.78 is 32.6. The molecule has 6 nitrogen and oxygen atoms in total. The number of hydrogen-bond acceptors (Lipinski definition) is 4. The number of amides is 1. The standard InChI is InChI=1S/C18H30N2O4S/c1-6-20(7-2)25(22,23)17-13-15(10-11-16(17)24-8-3)19-18(21)12-9-14(4)5/h10-11,13-14H,6-9,12H2,1-5H3,(H,19,21). The summed E-state index contributed by atoms with van der Waals surface area (Å²) in [5, 5.41) is 2.78. The molecule has 1 aromatic rings. The predicted octanol–water partition coefficient (Wildman–Crippen LogP) is 3.49.